The number of carbonyl (C=O) groups excluding carboxylic acids is 1. The number of halogens is 2. The van der Waals surface area contributed by atoms with Gasteiger partial charge < -0.3 is 0 Å². The predicted molar refractivity (Wildman–Crippen MR) is 188 cm³/mol. The molecule has 0 N–H and O–H groups in total. The number of Topliss-reactive ketones (excluding diaryl/α,β-unsaturated/α-hetero) is 1. The summed E-state index contributed by atoms with van der Waals surface area (Å²) in [5, 5.41) is 1.74. The van der Waals surface area contributed by atoms with Gasteiger partial charge in [-0.3, -0.25) is 4.79 Å². The van der Waals surface area contributed by atoms with E-state index in [0.717, 1.165) is 33.0 Å². The molecular formula is C44H29F2NO. The lowest BCUT2D eigenvalue weighted by Gasteiger charge is -2.27. The standard InChI is InChI=1S/C44H29F2NO/c45-36-27-35(37(28-15-5-1-6-16-28)29-17-7-2-8-18-29)42(47-43-33-25-13-23-32-24-14-26-34(39(32)33)44(43)48)40(41(36)46)38(30-19-9-3-10-20-30)31-21-11-4-12-22-31/h1-27,37-38H/b47-43+. The second kappa shape index (κ2) is 12.3. The van der Waals surface area contributed by atoms with Crippen LogP contribution in [-0.2, 0) is 0 Å². The Bertz CT molecular complexity index is 2230. The SMILES string of the molecule is O=C1/C(=N/c2c(C(c3ccccc3)c3ccccc3)cc(F)c(F)c2C(c2ccccc2)c2ccccc2)c2cccc3cccc1c23. The van der Waals surface area contributed by atoms with Crippen molar-refractivity contribution in [3.8, 4) is 0 Å². The summed E-state index contributed by atoms with van der Waals surface area (Å²) in [6, 6.07) is 51.2. The van der Waals surface area contributed by atoms with Crippen molar-refractivity contribution in [1.82, 2.24) is 0 Å². The number of nitrogens with zero attached hydrogens (tertiary/aromatic N) is 1. The maximum absolute atomic E-state index is 16.9. The van der Waals surface area contributed by atoms with Crippen LogP contribution in [0.1, 0.15) is 61.1 Å². The van der Waals surface area contributed by atoms with Crippen molar-refractivity contribution in [3.05, 3.63) is 220 Å². The summed E-state index contributed by atoms with van der Waals surface area (Å²) in [6.45, 7) is 0. The Morgan fingerprint density at radius 3 is 1.46 bits per heavy atom. The van der Waals surface area contributed by atoms with Gasteiger partial charge in [-0.2, -0.15) is 0 Å². The molecule has 0 saturated heterocycles. The van der Waals surface area contributed by atoms with Crippen molar-refractivity contribution in [2.24, 2.45) is 4.99 Å². The number of carbonyl (C=O) groups is 1. The highest BCUT2D eigenvalue weighted by molar-refractivity contribution is 6.59. The molecule has 1 aliphatic rings. The van der Waals surface area contributed by atoms with Gasteiger partial charge >= 0.3 is 0 Å². The van der Waals surface area contributed by atoms with Crippen LogP contribution in [0.2, 0.25) is 0 Å². The van der Waals surface area contributed by atoms with Crippen LogP contribution in [0.15, 0.2) is 169 Å². The number of aliphatic imine (C=N–C) groups is 1. The molecule has 8 rings (SSSR count). The summed E-state index contributed by atoms with van der Waals surface area (Å²) in [7, 11) is 0. The molecule has 1 aliphatic carbocycles. The second-order valence-corrected chi connectivity index (χ2v) is 12.0. The lowest BCUT2D eigenvalue weighted by molar-refractivity contribution is 0.107. The van der Waals surface area contributed by atoms with Crippen molar-refractivity contribution in [2.45, 2.75) is 11.8 Å². The van der Waals surface area contributed by atoms with Crippen LogP contribution < -0.4 is 0 Å². The largest absolute Gasteiger partial charge is 0.287 e. The molecule has 0 radical (unpaired) electrons. The molecule has 2 nitrogen and oxygen atoms in total. The fourth-order valence-electron chi connectivity index (χ4n) is 7.12. The minimum Gasteiger partial charge on any atom is -0.287 e. The number of benzene rings is 7. The first kappa shape index (κ1) is 29.4. The summed E-state index contributed by atoms with van der Waals surface area (Å²) in [5.41, 5.74) is 5.60. The minimum atomic E-state index is -0.989. The van der Waals surface area contributed by atoms with Crippen molar-refractivity contribution < 1.29 is 13.6 Å². The monoisotopic (exact) mass is 625 g/mol. The second-order valence-electron chi connectivity index (χ2n) is 12.0. The van der Waals surface area contributed by atoms with Gasteiger partial charge in [-0.25, -0.2) is 13.8 Å². The summed E-state index contributed by atoms with van der Waals surface area (Å²) in [6.07, 6.45) is 0. The van der Waals surface area contributed by atoms with Gasteiger partial charge in [0.05, 0.1) is 5.69 Å². The minimum absolute atomic E-state index is 0.0858. The van der Waals surface area contributed by atoms with Gasteiger partial charge in [-0.15, -0.1) is 0 Å². The van der Waals surface area contributed by atoms with Gasteiger partial charge in [0, 0.05) is 33.9 Å². The zero-order valence-electron chi connectivity index (χ0n) is 25.9. The van der Waals surface area contributed by atoms with Gasteiger partial charge in [0.25, 0.3) is 0 Å². The van der Waals surface area contributed by atoms with E-state index < -0.39 is 23.5 Å². The van der Waals surface area contributed by atoms with E-state index in [0.29, 0.717) is 16.7 Å². The van der Waals surface area contributed by atoms with E-state index in [1.807, 2.05) is 152 Å². The van der Waals surface area contributed by atoms with Gasteiger partial charge in [0.2, 0.25) is 5.78 Å². The highest BCUT2D eigenvalue weighted by Crippen LogP contribution is 2.47. The molecule has 0 atom stereocenters. The van der Waals surface area contributed by atoms with E-state index in [1.165, 1.54) is 6.07 Å². The molecule has 0 fully saturated rings. The number of rotatable bonds is 7. The Kier molecular flexibility index (Phi) is 7.54. The van der Waals surface area contributed by atoms with Crippen molar-refractivity contribution in [3.63, 3.8) is 0 Å². The molecule has 0 bridgehead atoms. The molecule has 0 aromatic heterocycles. The van der Waals surface area contributed by atoms with E-state index >= 15 is 8.78 Å². The third-order valence-corrected chi connectivity index (χ3v) is 9.23. The molecule has 0 amide bonds. The molecule has 0 unspecified atom stereocenters. The first-order valence-corrected chi connectivity index (χ1v) is 16.0. The summed E-state index contributed by atoms with van der Waals surface area (Å²) < 4.78 is 33.2. The van der Waals surface area contributed by atoms with Crippen LogP contribution in [0.4, 0.5) is 14.5 Å². The highest BCUT2D eigenvalue weighted by atomic mass is 19.2. The fourth-order valence-corrected chi connectivity index (χ4v) is 7.12. The first-order chi connectivity index (χ1) is 23.6. The third kappa shape index (κ3) is 5.03. The maximum Gasteiger partial charge on any atom is 0.212 e. The molecular weight excluding hydrogens is 596 g/mol. The van der Waals surface area contributed by atoms with Crippen LogP contribution in [0.5, 0.6) is 0 Å². The van der Waals surface area contributed by atoms with Crippen LogP contribution in [0.3, 0.4) is 0 Å². The van der Waals surface area contributed by atoms with Crippen molar-refractivity contribution in [1.29, 1.82) is 0 Å². The summed E-state index contributed by atoms with van der Waals surface area (Å²) >= 11 is 0. The Balaban J connectivity index is 1.50. The molecule has 7 aromatic rings. The van der Waals surface area contributed by atoms with E-state index in [1.54, 1.807) is 6.07 Å². The number of hydrogen-bond donors (Lipinski definition) is 0. The molecule has 0 saturated carbocycles. The maximum atomic E-state index is 16.9. The van der Waals surface area contributed by atoms with Gasteiger partial charge in [-0.1, -0.05) is 158 Å². The average molecular weight is 626 g/mol. The normalized spacial score (nSPS) is 13.2. The third-order valence-electron chi connectivity index (χ3n) is 9.23. The molecule has 0 spiro atoms. The molecule has 4 heteroatoms. The summed E-state index contributed by atoms with van der Waals surface area (Å²) in [4.78, 5) is 19.4. The number of ketones is 1. The fraction of sp³-hybridized carbons (Fsp3) is 0.0455. The van der Waals surface area contributed by atoms with Crippen molar-refractivity contribution in [2.75, 3.05) is 0 Å². The lowest BCUT2D eigenvalue weighted by Crippen LogP contribution is -2.14. The smallest absolute Gasteiger partial charge is 0.212 e. The van der Waals surface area contributed by atoms with Crippen LogP contribution in [-0.4, -0.2) is 11.5 Å². The topological polar surface area (TPSA) is 29.4 Å². The van der Waals surface area contributed by atoms with E-state index in [9.17, 15) is 4.79 Å². The molecule has 0 aliphatic heterocycles. The average Bonchev–Trinajstić information content (AvgIpc) is 3.41. The zero-order chi connectivity index (χ0) is 32.6. The summed E-state index contributed by atoms with van der Waals surface area (Å²) in [5.74, 6) is -3.43. The molecule has 0 heterocycles. The zero-order valence-corrected chi connectivity index (χ0v) is 25.9. The Morgan fingerprint density at radius 1 is 0.500 bits per heavy atom. The Labute approximate surface area is 277 Å². The van der Waals surface area contributed by atoms with Crippen LogP contribution in [0.25, 0.3) is 10.8 Å². The molecule has 48 heavy (non-hydrogen) atoms. The van der Waals surface area contributed by atoms with Crippen LogP contribution in [0, 0.1) is 11.6 Å². The highest BCUT2D eigenvalue weighted by Gasteiger charge is 2.34. The van der Waals surface area contributed by atoms with Gasteiger partial charge in [-0.05, 0) is 39.3 Å². The Hall–Kier alpha value is -6.00. The molecule has 230 valence electrons. The van der Waals surface area contributed by atoms with Gasteiger partial charge in [0.1, 0.15) is 5.71 Å². The van der Waals surface area contributed by atoms with E-state index in [4.69, 9.17) is 4.99 Å². The predicted octanol–water partition coefficient (Wildman–Crippen LogP) is 10.8. The van der Waals surface area contributed by atoms with Crippen LogP contribution >= 0.6 is 0 Å². The Morgan fingerprint density at radius 2 is 0.958 bits per heavy atom. The first-order valence-electron chi connectivity index (χ1n) is 16.0. The van der Waals surface area contributed by atoms with E-state index in [-0.39, 0.29) is 22.7 Å². The number of hydrogen-bond acceptors (Lipinski definition) is 2. The van der Waals surface area contributed by atoms with Gasteiger partial charge in [0.15, 0.2) is 11.6 Å². The van der Waals surface area contributed by atoms with Crippen molar-refractivity contribution >= 4 is 28.0 Å². The molecule has 7 aromatic carbocycles. The van der Waals surface area contributed by atoms with E-state index in [2.05, 4.69) is 0 Å². The lowest BCUT2D eigenvalue weighted by atomic mass is 9.78. The quantitative estimate of drug-likeness (QED) is 0.162.